The van der Waals surface area contributed by atoms with Crippen LogP contribution >= 0.6 is 0 Å². The SMILES string of the molecule is CC(C)(C)CC(=O)Nc1ccc(N2C=C3CC(C(F)(F)F)CC=C3CC2)cc1C(F)(F)F.COC1=CCC2=CN(c3cc(C)c(NC(=O)CC(C)(C)C)c(C)c3)CCC2=C1. The average molecular weight is 841 g/mol. The van der Waals surface area contributed by atoms with Gasteiger partial charge in [0.15, 0.2) is 0 Å². The van der Waals surface area contributed by atoms with Crippen LogP contribution in [0.4, 0.5) is 49.1 Å². The van der Waals surface area contributed by atoms with E-state index in [0.29, 0.717) is 25.0 Å². The van der Waals surface area contributed by atoms with Gasteiger partial charge in [0, 0.05) is 55.4 Å². The van der Waals surface area contributed by atoms with E-state index >= 15 is 0 Å². The molecule has 0 radical (unpaired) electrons. The van der Waals surface area contributed by atoms with E-state index in [1.165, 1.54) is 35.2 Å². The number of carbonyl (C=O) groups excluding carboxylic acids is 2. The molecule has 2 heterocycles. The predicted octanol–water partition coefficient (Wildman–Crippen LogP) is 12.7. The van der Waals surface area contributed by atoms with Crippen LogP contribution in [0.2, 0.25) is 0 Å². The minimum atomic E-state index is -4.71. The number of hydrogen-bond donors (Lipinski definition) is 2. The van der Waals surface area contributed by atoms with Gasteiger partial charge in [-0.2, -0.15) is 26.3 Å². The Balaban J connectivity index is 0.000000230. The maximum absolute atomic E-state index is 13.7. The number of nitrogens with one attached hydrogen (secondary N) is 2. The van der Waals surface area contributed by atoms with Crippen molar-refractivity contribution < 1.29 is 40.7 Å². The van der Waals surface area contributed by atoms with E-state index in [9.17, 15) is 35.9 Å². The molecule has 2 aliphatic heterocycles. The molecule has 2 aliphatic carbocycles. The summed E-state index contributed by atoms with van der Waals surface area (Å²) in [7, 11) is 1.72. The normalized spacial score (nSPS) is 18.3. The molecule has 1 atom stereocenters. The minimum Gasteiger partial charge on any atom is -0.497 e. The zero-order chi connectivity index (χ0) is 44.4. The van der Waals surface area contributed by atoms with Crippen LogP contribution < -0.4 is 20.4 Å². The van der Waals surface area contributed by atoms with Gasteiger partial charge >= 0.3 is 12.4 Å². The summed E-state index contributed by atoms with van der Waals surface area (Å²) >= 11 is 0. The smallest absolute Gasteiger partial charge is 0.418 e. The molecule has 0 aromatic heterocycles. The van der Waals surface area contributed by atoms with Crippen molar-refractivity contribution in [3.8, 4) is 0 Å². The van der Waals surface area contributed by atoms with Crippen LogP contribution in [0.5, 0.6) is 0 Å². The fourth-order valence-corrected chi connectivity index (χ4v) is 7.81. The Morgan fingerprint density at radius 2 is 1.30 bits per heavy atom. The van der Waals surface area contributed by atoms with Crippen molar-refractivity contribution in [3.63, 3.8) is 0 Å². The number of halogens is 6. The van der Waals surface area contributed by atoms with Gasteiger partial charge in [-0.05, 0) is 133 Å². The molecule has 1 unspecified atom stereocenters. The quantitative estimate of drug-likeness (QED) is 0.272. The van der Waals surface area contributed by atoms with Crippen LogP contribution in [-0.2, 0) is 20.5 Å². The van der Waals surface area contributed by atoms with Gasteiger partial charge in [-0.1, -0.05) is 47.6 Å². The second-order valence-corrected chi connectivity index (χ2v) is 18.5. The summed E-state index contributed by atoms with van der Waals surface area (Å²) in [5.41, 5.74) is 6.84. The third-order valence-electron chi connectivity index (χ3n) is 10.8. The molecule has 0 spiro atoms. The topological polar surface area (TPSA) is 73.9 Å². The van der Waals surface area contributed by atoms with Gasteiger partial charge in [-0.3, -0.25) is 9.59 Å². The summed E-state index contributed by atoms with van der Waals surface area (Å²) < 4.78 is 85.9. The highest BCUT2D eigenvalue weighted by atomic mass is 19.4. The molecule has 2 N–H and O–H groups in total. The number of aryl methyl sites for hydroxylation is 2. The largest absolute Gasteiger partial charge is 0.497 e. The lowest BCUT2D eigenvalue weighted by atomic mass is 9.83. The highest BCUT2D eigenvalue weighted by molar-refractivity contribution is 5.93. The number of hydrogen-bond acceptors (Lipinski definition) is 5. The van der Waals surface area contributed by atoms with Crippen LogP contribution in [0.25, 0.3) is 0 Å². The van der Waals surface area contributed by atoms with E-state index in [2.05, 4.69) is 80.6 Å². The first-order valence-corrected chi connectivity index (χ1v) is 20.4. The second-order valence-electron chi connectivity index (χ2n) is 18.5. The maximum Gasteiger partial charge on any atom is 0.418 e. The van der Waals surface area contributed by atoms with Gasteiger partial charge in [-0.15, -0.1) is 0 Å². The number of fused-ring (bicyclic) bond motifs is 2. The molecule has 326 valence electrons. The number of anilines is 4. The minimum absolute atomic E-state index is 0.0197. The lowest BCUT2D eigenvalue weighted by Crippen LogP contribution is -2.30. The number of allylic oxidation sites excluding steroid dienone is 5. The number of nitrogens with zero attached hydrogens (tertiary/aromatic N) is 2. The van der Waals surface area contributed by atoms with Crippen LogP contribution in [0, 0.1) is 30.6 Å². The van der Waals surface area contributed by atoms with E-state index in [-0.39, 0.29) is 47.4 Å². The Labute approximate surface area is 350 Å². The fourth-order valence-electron chi connectivity index (χ4n) is 7.81. The summed E-state index contributed by atoms with van der Waals surface area (Å²) in [5.74, 6) is -0.971. The third-order valence-corrected chi connectivity index (χ3v) is 10.8. The molecule has 2 aromatic rings. The number of carbonyl (C=O) groups is 2. The first-order chi connectivity index (χ1) is 27.8. The Hall–Kier alpha value is -4.94. The molecular formula is C47H58F6N4O3. The molecule has 2 amide bonds. The van der Waals surface area contributed by atoms with Crippen molar-refractivity contribution in [1.82, 2.24) is 0 Å². The number of benzene rings is 2. The van der Waals surface area contributed by atoms with E-state index in [1.807, 2.05) is 20.8 Å². The van der Waals surface area contributed by atoms with Crippen LogP contribution in [0.3, 0.4) is 0 Å². The highest BCUT2D eigenvalue weighted by Crippen LogP contribution is 2.44. The lowest BCUT2D eigenvalue weighted by molar-refractivity contribution is -0.173. The molecule has 60 heavy (non-hydrogen) atoms. The summed E-state index contributed by atoms with van der Waals surface area (Å²) in [4.78, 5) is 28.4. The van der Waals surface area contributed by atoms with Gasteiger partial charge < -0.3 is 25.2 Å². The van der Waals surface area contributed by atoms with Crippen molar-refractivity contribution in [3.05, 3.63) is 106 Å². The summed E-state index contributed by atoms with van der Waals surface area (Å²) in [6, 6.07) is 7.91. The summed E-state index contributed by atoms with van der Waals surface area (Å²) in [6.45, 7) is 17.1. The molecule has 6 rings (SSSR count). The third kappa shape index (κ3) is 12.3. The summed E-state index contributed by atoms with van der Waals surface area (Å²) in [5, 5.41) is 5.46. The fraction of sp³-hybridized carbons (Fsp3) is 0.489. The van der Waals surface area contributed by atoms with Crippen molar-refractivity contribution in [2.45, 2.75) is 113 Å². The zero-order valence-electron chi connectivity index (χ0n) is 36.1. The van der Waals surface area contributed by atoms with E-state index < -0.39 is 29.7 Å². The molecule has 0 saturated carbocycles. The Bertz CT molecular complexity index is 2090. The average Bonchev–Trinajstić information content (AvgIpc) is 3.13. The zero-order valence-corrected chi connectivity index (χ0v) is 36.1. The van der Waals surface area contributed by atoms with Crippen molar-refractivity contribution >= 4 is 34.6 Å². The van der Waals surface area contributed by atoms with Gasteiger partial charge in [0.25, 0.3) is 0 Å². The number of alkyl halides is 6. The van der Waals surface area contributed by atoms with Crippen molar-refractivity contribution in [2.75, 3.05) is 40.6 Å². The van der Waals surface area contributed by atoms with E-state index in [0.717, 1.165) is 53.6 Å². The monoisotopic (exact) mass is 840 g/mol. The molecule has 13 heteroatoms. The Morgan fingerprint density at radius 3 is 1.87 bits per heavy atom. The number of ether oxygens (including phenoxy) is 1. The first kappa shape index (κ1) is 46.1. The molecular weight excluding hydrogens is 783 g/mol. The predicted molar refractivity (Wildman–Crippen MR) is 228 cm³/mol. The molecule has 0 fully saturated rings. The van der Waals surface area contributed by atoms with Gasteiger partial charge in [0.1, 0.15) is 5.76 Å². The Kier molecular flexibility index (Phi) is 13.8. The number of amides is 2. The van der Waals surface area contributed by atoms with Crippen molar-refractivity contribution in [2.24, 2.45) is 16.7 Å². The molecule has 2 aromatic carbocycles. The van der Waals surface area contributed by atoms with E-state index in [1.54, 1.807) is 18.1 Å². The standard InChI is InChI=1S/C24H32N2O2.C23H26F6N2O/c1-16-11-20(12-17(2)23(16)25-22(27)14-24(3,4)5)26-10-9-18-13-21(28-6)8-7-19(18)15-26;1-21(2,3)12-20(32)30-19-7-6-17(11-18(19)23(27,28)29)31-9-8-14-4-5-16(22(24,25)26)10-15(14)13-31/h8,11-13,15H,7,9-10,14H2,1-6H3,(H,25,27);4,6-7,11,13,16H,5,8-10,12H2,1-3H3,(H,30,32). The number of methoxy groups -OCH3 is 1. The van der Waals surface area contributed by atoms with Crippen LogP contribution in [-0.4, -0.2) is 38.2 Å². The van der Waals surface area contributed by atoms with Gasteiger partial charge in [0.05, 0.1) is 24.3 Å². The second kappa shape index (κ2) is 18.0. The van der Waals surface area contributed by atoms with Crippen LogP contribution in [0.1, 0.15) is 103 Å². The number of rotatable bonds is 7. The molecule has 7 nitrogen and oxygen atoms in total. The highest BCUT2D eigenvalue weighted by Gasteiger charge is 2.42. The molecule has 0 saturated heterocycles. The summed E-state index contributed by atoms with van der Waals surface area (Å²) in [6.07, 6.45) is 3.29. The first-order valence-electron chi connectivity index (χ1n) is 20.4. The van der Waals surface area contributed by atoms with Crippen LogP contribution in [0.15, 0.2) is 89.0 Å². The Morgan fingerprint density at radius 1 is 0.733 bits per heavy atom. The van der Waals surface area contributed by atoms with Gasteiger partial charge in [-0.25, -0.2) is 0 Å². The van der Waals surface area contributed by atoms with Gasteiger partial charge in [0.2, 0.25) is 11.8 Å². The van der Waals surface area contributed by atoms with E-state index in [4.69, 9.17) is 4.74 Å². The molecule has 0 bridgehead atoms. The molecule has 4 aliphatic rings. The maximum atomic E-state index is 13.7. The lowest BCUT2D eigenvalue weighted by Gasteiger charge is -2.34. The van der Waals surface area contributed by atoms with Crippen molar-refractivity contribution in [1.29, 1.82) is 0 Å².